The van der Waals surface area contributed by atoms with E-state index in [0.29, 0.717) is 23.3 Å². The van der Waals surface area contributed by atoms with Crippen LogP contribution >= 0.6 is 0 Å². The summed E-state index contributed by atoms with van der Waals surface area (Å²) in [5.41, 5.74) is 21.3. The predicted molar refractivity (Wildman–Crippen MR) is 303 cm³/mol. The molecule has 6 heteroatoms. The summed E-state index contributed by atoms with van der Waals surface area (Å²) in [6.45, 7) is 0. The molecule has 3 aromatic heterocycles. The first kappa shape index (κ1) is 42.7. The molecule has 0 fully saturated rings. The third-order valence-electron chi connectivity index (χ3n) is 15.3. The summed E-state index contributed by atoms with van der Waals surface area (Å²) in [6.07, 6.45) is 0. The number of aromatic nitrogens is 6. The molecule has 75 heavy (non-hydrogen) atoms. The van der Waals surface area contributed by atoms with Gasteiger partial charge in [-0.05, 0) is 87.0 Å². The zero-order valence-corrected chi connectivity index (χ0v) is 40.6. The van der Waals surface area contributed by atoms with Crippen molar-refractivity contribution in [3.63, 3.8) is 0 Å². The lowest BCUT2D eigenvalue weighted by atomic mass is 9.60. The van der Waals surface area contributed by atoms with E-state index in [2.05, 4.69) is 217 Å². The van der Waals surface area contributed by atoms with Crippen LogP contribution in [0.5, 0.6) is 0 Å². The molecule has 0 radical (unpaired) electrons. The summed E-state index contributed by atoms with van der Waals surface area (Å²) < 4.78 is 2.38. The third-order valence-corrected chi connectivity index (χ3v) is 15.3. The van der Waals surface area contributed by atoms with Crippen LogP contribution in [0.4, 0.5) is 0 Å². The van der Waals surface area contributed by atoms with Crippen LogP contribution < -0.4 is 0 Å². The van der Waals surface area contributed by atoms with Gasteiger partial charge in [-0.25, -0.2) is 24.9 Å². The Hall–Kier alpha value is -9.91. The zero-order valence-electron chi connectivity index (χ0n) is 40.6. The quantitative estimate of drug-likeness (QED) is 0.152. The van der Waals surface area contributed by atoms with Gasteiger partial charge in [0.2, 0.25) is 0 Å². The van der Waals surface area contributed by atoms with Gasteiger partial charge in [0.1, 0.15) is 0 Å². The molecule has 0 saturated carbocycles. The standard InChI is InChI=1S/C69H44N6/c1-5-20-43(21-6-1)66-70-59(42-60(71-66)50-29-14-13-28-49(50)51-33-19-35-62-65(51)56-32-17-18-34-61(56)75(62)48-26-11-4-12-27-48)46-36-38-54-57(40-46)63-52-30-15-16-31-53(52)64(54)58-41-47(37-39-55(58)63)69-73-67(44-22-7-2-8-23-44)72-68(74-69)45-24-9-3-10-25-45/h1-42,63-64H. The second-order valence-corrected chi connectivity index (χ2v) is 19.5. The lowest BCUT2D eigenvalue weighted by Gasteiger charge is -2.42. The van der Waals surface area contributed by atoms with Gasteiger partial charge in [-0.1, -0.05) is 212 Å². The largest absolute Gasteiger partial charge is 0.309 e. The highest BCUT2D eigenvalue weighted by Gasteiger charge is 2.41. The monoisotopic (exact) mass is 956 g/mol. The van der Waals surface area contributed by atoms with E-state index >= 15 is 0 Å². The number of para-hydroxylation sites is 2. The molecule has 16 rings (SSSR count). The van der Waals surface area contributed by atoms with Crippen molar-refractivity contribution in [2.75, 3.05) is 0 Å². The number of rotatable bonds is 8. The van der Waals surface area contributed by atoms with Crippen molar-refractivity contribution in [3.8, 4) is 84.9 Å². The van der Waals surface area contributed by atoms with Crippen LogP contribution in [0.25, 0.3) is 107 Å². The SMILES string of the molecule is c1ccc(-c2nc(-c3ccc4c(c3)C3c5ccccc5C4c4cc(-c5nc(-c6ccccc6)nc(-c6ccccc6)n5)ccc43)cc(-c3ccccc3-c3cccc4c3c3ccccc3n4-c3ccccc3)n2)cc1. The van der Waals surface area contributed by atoms with Gasteiger partial charge < -0.3 is 4.57 Å². The molecule has 3 aliphatic rings. The van der Waals surface area contributed by atoms with Crippen LogP contribution in [0.15, 0.2) is 255 Å². The molecular formula is C69H44N6. The summed E-state index contributed by atoms with van der Waals surface area (Å²) in [5.74, 6) is 2.69. The van der Waals surface area contributed by atoms with E-state index in [-0.39, 0.29) is 11.8 Å². The minimum Gasteiger partial charge on any atom is -0.309 e. The zero-order chi connectivity index (χ0) is 49.4. The second kappa shape index (κ2) is 17.4. The average Bonchev–Trinajstić information content (AvgIpc) is 3.92. The average molecular weight is 957 g/mol. The van der Waals surface area contributed by atoms with Crippen molar-refractivity contribution >= 4 is 21.8 Å². The Morgan fingerprint density at radius 2 is 0.707 bits per heavy atom. The van der Waals surface area contributed by atoms with Gasteiger partial charge in [0.05, 0.1) is 22.4 Å². The van der Waals surface area contributed by atoms with Crippen LogP contribution in [-0.2, 0) is 0 Å². The predicted octanol–water partition coefficient (Wildman–Crippen LogP) is 16.4. The Kier molecular flexibility index (Phi) is 9.91. The summed E-state index contributed by atoms with van der Waals surface area (Å²) in [6, 6.07) is 90.5. The summed E-state index contributed by atoms with van der Waals surface area (Å²) in [7, 11) is 0. The van der Waals surface area contributed by atoms with E-state index < -0.39 is 0 Å². The van der Waals surface area contributed by atoms with Crippen molar-refractivity contribution in [2.24, 2.45) is 0 Å². The van der Waals surface area contributed by atoms with Gasteiger partial charge in [0, 0.05) is 61.7 Å². The fraction of sp³-hybridized carbons (Fsp3) is 0.0290. The van der Waals surface area contributed by atoms with Crippen molar-refractivity contribution in [3.05, 3.63) is 288 Å². The molecule has 350 valence electrons. The molecule has 3 heterocycles. The lowest BCUT2D eigenvalue weighted by Crippen LogP contribution is -2.27. The molecule has 2 atom stereocenters. The van der Waals surface area contributed by atoms with Crippen LogP contribution in [0, 0.1) is 0 Å². The van der Waals surface area contributed by atoms with Gasteiger partial charge in [-0.15, -0.1) is 0 Å². The Labute approximate surface area is 434 Å². The topological polar surface area (TPSA) is 69.4 Å². The molecule has 13 aromatic rings. The van der Waals surface area contributed by atoms with Gasteiger partial charge in [-0.3, -0.25) is 0 Å². The van der Waals surface area contributed by atoms with Crippen molar-refractivity contribution in [1.82, 2.24) is 29.5 Å². The van der Waals surface area contributed by atoms with E-state index in [4.69, 9.17) is 24.9 Å². The Bertz CT molecular complexity index is 4300. The Morgan fingerprint density at radius 3 is 1.33 bits per heavy atom. The highest BCUT2D eigenvalue weighted by molar-refractivity contribution is 6.16. The van der Waals surface area contributed by atoms with E-state index in [0.717, 1.165) is 67.1 Å². The van der Waals surface area contributed by atoms with E-state index in [1.54, 1.807) is 0 Å². The molecule has 10 aromatic carbocycles. The van der Waals surface area contributed by atoms with E-state index in [1.807, 2.05) is 42.5 Å². The number of benzene rings is 10. The normalized spacial score (nSPS) is 14.1. The number of fused-ring (bicyclic) bond motifs is 3. The fourth-order valence-corrected chi connectivity index (χ4v) is 11.9. The number of hydrogen-bond acceptors (Lipinski definition) is 5. The van der Waals surface area contributed by atoms with E-state index in [9.17, 15) is 0 Å². The molecule has 0 N–H and O–H groups in total. The maximum Gasteiger partial charge on any atom is 0.164 e. The van der Waals surface area contributed by atoms with Crippen LogP contribution in [0.2, 0.25) is 0 Å². The maximum absolute atomic E-state index is 5.41. The second-order valence-electron chi connectivity index (χ2n) is 19.5. The summed E-state index contributed by atoms with van der Waals surface area (Å²) in [5, 5.41) is 2.42. The number of nitrogens with zero attached hydrogens (tertiary/aromatic N) is 6. The first-order valence-electron chi connectivity index (χ1n) is 25.6. The third kappa shape index (κ3) is 7.06. The minimum absolute atomic E-state index is 0.0254. The van der Waals surface area contributed by atoms with Crippen molar-refractivity contribution in [2.45, 2.75) is 11.8 Å². The van der Waals surface area contributed by atoms with Crippen molar-refractivity contribution in [1.29, 1.82) is 0 Å². The van der Waals surface area contributed by atoms with E-state index in [1.165, 1.54) is 49.7 Å². The van der Waals surface area contributed by atoms with Crippen LogP contribution in [0.3, 0.4) is 0 Å². The molecular weight excluding hydrogens is 913 g/mol. The fourth-order valence-electron chi connectivity index (χ4n) is 11.9. The highest BCUT2D eigenvalue weighted by atomic mass is 15.0. The Morgan fingerprint density at radius 1 is 0.267 bits per heavy atom. The molecule has 3 aliphatic carbocycles. The first-order valence-corrected chi connectivity index (χ1v) is 25.6. The van der Waals surface area contributed by atoms with Crippen molar-refractivity contribution < 1.29 is 0 Å². The van der Waals surface area contributed by atoms with Gasteiger partial charge in [0.15, 0.2) is 23.3 Å². The lowest BCUT2D eigenvalue weighted by molar-refractivity contribution is 0.754. The van der Waals surface area contributed by atoms with Crippen LogP contribution in [-0.4, -0.2) is 29.5 Å². The maximum atomic E-state index is 5.41. The molecule has 2 unspecified atom stereocenters. The van der Waals surface area contributed by atoms with Gasteiger partial charge in [-0.2, -0.15) is 0 Å². The van der Waals surface area contributed by atoms with Crippen LogP contribution in [0.1, 0.15) is 45.2 Å². The minimum atomic E-state index is 0.0254. The first-order chi connectivity index (χ1) is 37.2. The van der Waals surface area contributed by atoms with Gasteiger partial charge >= 0.3 is 0 Å². The molecule has 2 bridgehead atoms. The highest BCUT2D eigenvalue weighted by Crippen LogP contribution is 2.57. The molecule has 0 saturated heterocycles. The molecule has 0 spiro atoms. The molecule has 0 aliphatic heterocycles. The number of hydrogen-bond donors (Lipinski definition) is 0. The molecule has 6 nitrogen and oxygen atoms in total. The van der Waals surface area contributed by atoms with Gasteiger partial charge in [0.25, 0.3) is 0 Å². The smallest absolute Gasteiger partial charge is 0.164 e. The molecule has 0 amide bonds. The summed E-state index contributed by atoms with van der Waals surface area (Å²) in [4.78, 5) is 26.0. The summed E-state index contributed by atoms with van der Waals surface area (Å²) >= 11 is 0. The Balaban J connectivity index is 0.870.